The predicted molar refractivity (Wildman–Crippen MR) is 137 cm³/mol. The Labute approximate surface area is 201 Å². The van der Waals surface area contributed by atoms with Crippen molar-refractivity contribution in [2.45, 2.75) is 39.8 Å². The predicted octanol–water partition coefficient (Wildman–Crippen LogP) is 6.30. The molecule has 0 aliphatic carbocycles. The van der Waals surface area contributed by atoms with Crippen LogP contribution in [0.25, 0.3) is 22.6 Å². The van der Waals surface area contributed by atoms with E-state index in [2.05, 4.69) is 24.4 Å². The van der Waals surface area contributed by atoms with Gasteiger partial charge in [-0.25, -0.2) is 4.98 Å². The van der Waals surface area contributed by atoms with E-state index < -0.39 is 0 Å². The summed E-state index contributed by atoms with van der Waals surface area (Å²) in [6, 6.07) is 25.9. The second kappa shape index (κ2) is 10.4. The van der Waals surface area contributed by atoms with Gasteiger partial charge in [-0.15, -0.1) is 0 Å². The van der Waals surface area contributed by atoms with Crippen LogP contribution in [0.2, 0.25) is 0 Å². The molecular weight excluding hydrogens is 422 g/mol. The molecular formula is C29H31N3O2. The molecule has 0 radical (unpaired) electrons. The Morgan fingerprint density at radius 2 is 1.71 bits per heavy atom. The number of imidazole rings is 1. The summed E-state index contributed by atoms with van der Waals surface area (Å²) in [5.41, 5.74) is 5.39. The Hall–Kier alpha value is -3.86. The lowest BCUT2D eigenvalue weighted by Crippen LogP contribution is -2.29. The van der Waals surface area contributed by atoms with Crippen LogP contribution in [-0.2, 0) is 13.0 Å². The van der Waals surface area contributed by atoms with Gasteiger partial charge in [0, 0.05) is 17.7 Å². The third kappa shape index (κ3) is 4.74. The highest BCUT2D eigenvalue weighted by atomic mass is 16.5. The average molecular weight is 454 g/mol. The normalized spacial score (nSPS) is 11.8. The van der Waals surface area contributed by atoms with Crippen LogP contribution < -0.4 is 10.1 Å². The first-order valence-electron chi connectivity index (χ1n) is 11.8. The summed E-state index contributed by atoms with van der Waals surface area (Å²) in [6.07, 6.45) is 0.919. The van der Waals surface area contributed by atoms with E-state index in [-0.39, 0.29) is 11.9 Å². The number of hydrogen-bond donors (Lipinski definition) is 1. The molecule has 0 aliphatic rings. The van der Waals surface area contributed by atoms with Gasteiger partial charge in [-0.05, 0) is 49.6 Å². The summed E-state index contributed by atoms with van der Waals surface area (Å²) in [5, 5.41) is 3.19. The van der Waals surface area contributed by atoms with Crippen LogP contribution >= 0.6 is 0 Å². The number of nitrogens with zero attached hydrogens (tertiary/aromatic N) is 2. The lowest BCUT2D eigenvalue weighted by molar-refractivity contribution is 0.0931. The van der Waals surface area contributed by atoms with Gasteiger partial charge in [0.25, 0.3) is 5.91 Å². The fraction of sp³-hybridized carbons (Fsp3) is 0.241. The molecule has 0 fully saturated rings. The number of ether oxygens (including phenoxy) is 1. The van der Waals surface area contributed by atoms with Gasteiger partial charge in [-0.3, -0.25) is 4.79 Å². The van der Waals surface area contributed by atoms with Gasteiger partial charge in [0.15, 0.2) is 0 Å². The summed E-state index contributed by atoms with van der Waals surface area (Å²) >= 11 is 0. The van der Waals surface area contributed by atoms with Gasteiger partial charge >= 0.3 is 0 Å². The molecule has 1 heterocycles. The van der Waals surface area contributed by atoms with E-state index in [4.69, 9.17) is 9.72 Å². The van der Waals surface area contributed by atoms with E-state index >= 15 is 0 Å². The third-order valence-corrected chi connectivity index (χ3v) is 6.08. The largest absolute Gasteiger partial charge is 0.497 e. The molecule has 0 saturated carbocycles. The molecule has 174 valence electrons. The number of aryl methyl sites for hydroxylation is 1. The van der Waals surface area contributed by atoms with Crippen molar-refractivity contribution in [3.63, 3.8) is 0 Å². The van der Waals surface area contributed by atoms with E-state index in [9.17, 15) is 4.79 Å². The van der Waals surface area contributed by atoms with Crippen LogP contribution in [0.1, 0.15) is 48.4 Å². The Kier molecular flexibility index (Phi) is 7.12. The molecule has 34 heavy (non-hydrogen) atoms. The van der Waals surface area contributed by atoms with Gasteiger partial charge in [0.05, 0.1) is 13.2 Å². The molecule has 4 rings (SSSR count). The quantitative estimate of drug-likeness (QED) is 0.341. The summed E-state index contributed by atoms with van der Waals surface area (Å²) in [4.78, 5) is 18.8. The summed E-state index contributed by atoms with van der Waals surface area (Å²) in [5.74, 6) is 1.41. The molecule has 5 heteroatoms. The zero-order valence-corrected chi connectivity index (χ0v) is 20.2. The standard InChI is InChI=1S/C29H31N3O2/c1-5-21-12-10-16-24(18-21)26-27(32(6-2)28(31-26)22-13-8-7-9-14-22)29(33)30-20(3)23-15-11-17-25(19-23)34-4/h7-20H,5-6H2,1-4H3,(H,30,33)/t20-/m1/s1. The number of amides is 1. The van der Waals surface area contributed by atoms with Crippen LogP contribution in [-0.4, -0.2) is 22.6 Å². The Morgan fingerprint density at radius 1 is 0.971 bits per heavy atom. The maximum Gasteiger partial charge on any atom is 0.270 e. The molecule has 1 atom stereocenters. The SMILES string of the molecule is CCc1cccc(-c2nc(-c3ccccc3)n(CC)c2C(=O)N[C@H](C)c2cccc(OC)c2)c1. The van der Waals surface area contributed by atoms with Gasteiger partial charge in [0.2, 0.25) is 0 Å². The van der Waals surface area contributed by atoms with Crippen LogP contribution in [0.3, 0.4) is 0 Å². The molecule has 5 nitrogen and oxygen atoms in total. The third-order valence-electron chi connectivity index (χ3n) is 6.08. The van der Waals surface area contributed by atoms with Crippen molar-refractivity contribution < 1.29 is 9.53 Å². The molecule has 4 aromatic rings. The van der Waals surface area contributed by atoms with Crippen LogP contribution in [0, 0.1) is 0 Å². The van der Waals surface area contributed by atoms with Crippen LogP contribution in [0.4, 0.5) is 0 Å². The highest BCUT2D eigenvalue weighted by Crippen LogP contribution is 2.31. The first-order valence-corrected chi connectivity index (χ1v) is 11.8. The number of carbonyl (C=O) groups is 1. The number of carbonyl (C=O) groups excluding carboxylic acids is 1. The fourth-order valence-electron chi connectivity index (χ4n) is 4.20. The van der Waals surface area contributed by atoms with Gasteiger partial charge in [0.1, 0.15) is 23.0 Å². The summed E-state index contributed by atoms with van der Waals surface area (Å²) < 4.78 is 7.37. The minimum absolute atomic E-state index is 0.149. The number of aromatic nitrogens is 2. The maximum absolute atomic E-state index is 13.8. The molecule has 0 bridgehead atoms. The van der Waals surface area contributed by atoms with Gasteiger partial charge in [-0.1, -0.05) is 67.6 Å². The molecule has 0 saturated heterocycles. The second-order valence-corrected chi connectivity index (χ2v) is 8.27. The molecule has 1 amide bonds. The summed E-state index contributed by atoms with van der Waals surface area (Å²) in [7, 11) is 1.64. The first kappa shape index (κ1) is 23.3. The number of methoxy groups -OCH3 is 1. The molecule has 1 aromatic heterocycles. The molecule has 0 unspecified atom stereocenters. The van der Waals surface area contributed by atoms with Crippen molar-refractivity contribution >= 4 is 5.91 Å². The van der Waals surface area contributed by atoms with Crippen molar-refractivity contribution in [2.24, 2.45) is 0 Å². The zero-order chi connectivity index (χ0) is 24.1. The maximum atomic E-state index is 13.8. The number of rotatable bonds is 8. The van der Waals surface area contributed by atoms with E-state index in [1.54, 1.807) is 7.11 Å². The van der Waals surface area contributed by atoms with Gasteiger partial charge < -0.3 is 14.6 Å². The van der Waals surface area contributed by atoms with Crippen LogP contribution in [0.15, 0.2) is 78.9 Å². The molecule has 1 N–H and O–H groups in total. The van der Waals surface area contributed by atoms with Crippen molar-refractivity contribution in [1.29, 1.82) is 0 Å². The van der Waals surface area contributed by atoms with Gasteiger partial charge in [-0.2, -0.15) is 0 Å². The lowest BCUT2D eigenvalue weighted by atomic mass is 10.0. The molecule has 0 spiro atoms. The first-order chi connectivity index (χ1) is 16.5. The second-order valence-electron chi connectivity index (χ2n) is 8.27. The summed E-state index contributed by atoms with van der Waals surface area (Å²) in [6.45, 7) is 6.78. The highest BCUT2D eigenvalue weighted by molar-refractivity contribution is 5.99. The molecule has 3 aromatic carbocycles. The number of hydrogen-bond acceptors (Lipinski definition) is 3. The topological polar surface area (TPSA) is 56.2 Å². The zero-order valence-electron chi connectivity index (χ0n) is 20.2. The smallest absolute Gasteiger partial charge is 0.270 e. The van der Waals surface area contributed by atoms with Crippen molar-refractivity contribution in [3.05, 3.63) is 95.7 Å². The lowest BCUT2D eigenvalue weighted by Gasteiger charge is -2.17. The van der Waals surface area contributed by atoms with E-state index in [0.29, 0.717) is 17.9 Å². The van der Waals surface area contributed by atoms with E-state index in [0.717, 1.165) is 34.7 Å². The minimum Gasteiger partial charge on any atom is -0.497 e. The van der Waals surface area contributed by atoms with Crippen LogP contribution in [0.5, 0.6) is 5.75 Å². The fourth-order valence-corrected chi connectivity index (χ4v) is 4.20. The Bertz CT molecular complexity index is 1280. The Balaban J connectivity index is 1.80. The van der Waals surface area contributed by atoms with Crippen molar-refractivity contribution in [1.82, 2.24) is 14.9 Å². The van der Waals surface area contributed by atoms with E-state index in [1.807, 2.05) is 85.1 Å². The molecule has 0 aliphatic heterocycles. The minimum atomic E-state index is -0.196. The van der Waals surface area contributed by atoms with Crippen molar-refractivity contribution in [2.75, 3.05) is 7.11 Å². The number of nitrogens with one attached hydrogen (secondary N) is 1. The average Bonchev–Trinajstić information content (AvgIpc) is 3.29. The Morgan fingerprint density at radius 3 is 2.41 bits per heavy atom. The number of benzene rings is 3. The highest BCUT2D eigenvalue weighted by Gasteiger charge is 2.25. The van der Waals surface area contributed by atoms with E-state index in [1.165, 1.54) is 5.56 Å². The van der Waals surface area contributed by atoms with Crippen molar-refractivity contribution in [3.8, 4) is 28.4 Å². The monoisotopic (exact) mass is 453 g/mol.